The highest BCUT2D eigenvalue weighted by Gasteiger charge is 2.14. The fraction of sp³-hybridized carbons (Fsp3) is 1.00. The molecule has 0 aliphatic rings. The van der Waals surface area contributed by atoms with Gasteiger partial charge in [-0.3, -0.25) is 0 Å². The minimum absolute atomic E-state index is 0.921. The molecular weight excluding hydrogens is 320 g/mol. The summed E-state index contributed by atoms with van der Waals surface area (Å²) in [5.74, 6) is 0. The summed E-state index contributed by atoms with van der Waals surface area (Å²) in [4.78, 5) is 0. The van der Waals surface area contributed by atoms with Gasteiger partial charge >= 0.3 is 0 Å². The van der Waals surface area contributed by atoms with Gasteiger partial charge in [0.05, 0.1) is 0 Å². The van der Waals surface area contributed by atoms with Crippen molar-refractivity contribution in [2.24, 2.45) is 0 Å². The number of hydrogen-bond donors (Lipinski definition) is 0. The maximum absolute atomic E-state index is 2.40. The van der Waals surface area contributed by atoms with Crippen LogP contribution in [0.25, 0.3) is 0 Å². The minimum atomic E-state index is 0.921. The summed E-state index contributed by atoms with van der Waals surface area (Å²) in [6, 6.07) is 0. The van der Waals surface area contributed by atoms with E-state index in [9.17, 15) is 0 Å². The van der Waals surface area contributed by atoms with Crippen molar-refractivity contribution in [2.45, 2.75) is 154 Å². The van der Waals surface area contributed by atoms with Gasteiger partial charge in [-0.05, 0) is 25.7 Å². The summed E-state index contributed by atoms with van der Waals surface area (Å²) in [5.41, 5.74) is 0. The molecule has 1 heteroatoms. The summed E-state index contributed by atoms with van der Waals surface area (Å²) in [6.45, 7) is 9.41. The van der Waals surface area contributed by atoms with Crippen LogP contribution in [0.1, 0.15) is 143 Å². The lowest BCUT2D eigenvalue weighted by Crippen LogP contribution is -2.10. The van der Waals surface area contributed by atoms with Gasteiger partial charge in [-0.1, -0.05) is 118 Å². The predicted octanol–water partition coefficient (Wildman–Crippen LogP) is 9.56. The molecule has 0 heterocycles. The molecule has 0 spiro atoms. The van der Waals surface area contributed by atoms with Gasteiger partial charge in [-0.25, -0.2) is 0 Å². The highest BCUT2D eigenvalue weighted by atomic mass is 32.2. The van der Waals surface area contributed by atoms with Crippen molar-refractivity contribution in [3.05, 3.63) is 0 Å². The van der Waals surface area contributed by atoms with Crippen molar-refractivity contribution in [1.82, 2.24) is 0 Å². The lowest BCUT2D eigenvalue weighted by Gasteiger charge is -2.21. The molecule has 25 heavy (non-hydrogen) atoms. The van der Waals surface area contributed by atoms with Gasteiger partial charge < -0.3 is 0 Å². The molecule has 0 aliphatic heterocycles. The molecule has 0 amide bonds. The third-order valence-electron chi connectivity index (χ3n) is 5.55. The Hall–Kier alpha value is 0.350. The summed E-state index contributed by atoms with van der Waals surface area (Å²) in [6.07, 6.45) is 25.9. The maximum Gasteiger partial charge on any atom is 0.00472 e. The van der Waals surface area contributed by atoms with E-state index in [0.717, 1.165) is 10.5 Å². The van der Waals surface area contributed by atoms with Crippen molar-refractivity contribution in [3.63, 3.8) is 0 Å². The molecule has 0 rings (SSSR count). The van der Waals surface area contributed by atoms with E-state index in [1.807, 2.05) is 0 Å². The molecule has 0 aromatic carbocycles. The number of hydrogen-bond acceptors (Lipinski definition) is 1. The van der Waals surface area contributed by atoms with Gasteiger partial charge in [0.2, 0.25) is 0 Å². The molecule has 0 fully saturated rings. The van der Waals surface area contributed by atoms with E-state index in [2.05, 4.69) is 39.5 Å². The standard InChI is InChI=1S/C24H50S/c1-5-9-11-13-15-17-19-21-23(7-3)25-24(8-4)22-20-18-16-14-12-10-6-2/h23-24H,5-22H2,1-4H3. The highest BCUT2D eigenvalue weighted by Crippen LogP contribution is 2.30. The highest BCUT2D eigenvalue weighted by molar-refractivity contribution is 8.00. The largest absolute Gasteiger partial charge is 0.155 e. The summed E-state index contributed by atoms with van der Waals surface area (Å²) in [7, 11) is 0. The monoisotopic (exact) mass is 370 g/mol. The molecule has 0 aromatic rings. The first-order valence-electron chi connectivity index (χ1n) is 11.9. The number of thioether (sulfide) groups is 1. The average molecular weight is 371 g/mol. The lowest BCUT2D eigenvalue weighted by atomic mass is 10.1. The van der Waals surface area contributed by atoms with Crippen LogP contribution in [-0.2, 0) is 0 Å². The van der Waals surface area contributed by atoms with E-state index in [1.165, 1.54) is 116 Å². The molecule has 0 saturated carbocycles. The van der Waals surface area contributed by atoms with Gasteiger partial charge in [-0.15, -0.1) is 0 Å². The van der Waals surface area contributed by atoms with E-state index in [-0.39, 0.29) is 0 Å². The molecule has 0 saturated heterocycles. The van der Waals surface area contributed by atoms with Crippen LogP contribution >= 0.6 is 11.8 Å². The third kappa shape index (κ3) is 17.5. The molecular formula is C24H50S. The number of rotatable bonds is 20. The van der Waals surface area contributed by atoms with Crippen LogP contribution in [0.4, 0.5) is 0 Å². The number of unbranched alkanes of at least 4 members (excludes halogenated alkanes) is 12. The van der Waals surface area contributed by atoms with E-state index in [1.54, 1.807) is 0 Å². The molecule has 0 bridgehead atoms. The summed E-state index contributed by atoms with van der Waals surface area (Å²) >= 11 is 2.33. The Morgan fingerprint density at radius 2 is 0.760 bits per heavy atom. The average Bonchev–Trinajstić information content (AvgIpc) is 2.64. The van der Waals surface area contributed by atoms with Crippen LogP contribution in [-0.4, -0.2) is 10.5 Å². The van der Waals surface area contributed by atoms with E-state index in [0.29, 0.717) is 0 Å². The molecule has 0 radical (unpaired) electrons. The quantitative estimate of drug-likeness (QED) is 0.192. The normalized spacial score (nSPS) is 13.9. The topological polar surface area (TPSA) is 0 Å². The molecule has 152 valence electrons. The Morgan fingerprint density at radius 1 is 0.440 bits per heavy atom. The van der Waals surface area contributed by atoms with Crippen molar-refractivity contribution in [2.75, 3.05) is 0 Å². The van der Waals surface area contributed by atoms with E-state index < -0.39 is 0 Å². The van der Waals surface area contributed by atoms with Crippen molar-refractivity contribution < 1.29 is 0 Å². The fourth-order valence-electron chi connectivity index (χ4n) is 3.67. The second kappa shape index (κ2) is 20.7. The molecule has 2 unspecified atom stereocenters. The van der Waals surface area contributed by atoms with Crippen LogP contribution in [0, 0.1) is 0 Å². The Balaban J connectivity index is 3.67. The Labute approximate surface area is 165 Å². The van der Waals surface area contributed by atoms with Gasteiger partial charge in [-0.2, -0.15) is 11.8 Å². The van der Waals surface area contributed by atoms with Crippen molar-refractivity contribution in [1.29, 1.82) is 0 Å². The van der Waals surface area contributed by atoms with Crippen molar-refractivity contribution >= 4 is 11.8 Å². The second-order valence-corrected chi connectivity index (χ2v) is 9.62. The second-order valence-electron chi connectivity index (χ2n) is 8.02. The molecule has 2 atom stereocenters. The Kier molecular flexibility index (Phi) is 20.9. The SMILES string of the molecule is CCCCCCCCCC(CC)SC(CC)CCCCCCCCC. The summed E-state index contributed by atoms with van der Waals surface area (Å²) in [5, 5.41) is 1.84. The van der Waals surface area contributed by atoms with Crippen molar-refractivity contribution in [3.8, 4) is 0 Å². The van der Waals surface area contributed by atoms with Gasteiger partial charge in [0.25, 0.3) is 0 Å². The van der Waals surface area contributed by atoms with Gasteiger partial charge in [0.15, 0.2) is 0 Å². The molecule has 0 aliphatic carbocycles. The zero-order valence-corrected chi connectivity index (χ0v) is 19.1. The fourth-order valence-corrected chi connectivity index (χ4v) is 5.20. The Bertz CT molecular complexity index is 214. The van der Waals surface area contributed by atoms with E-state index in [4.69, 9.17) is 0 Å². The molecule has 0 aromatic heterocycles. The predicted molar refractivity (Wildman–Crippen MR) is 121 cm³/mol. The first kappa shape index (κ1) is 25.4. The lowest BCUT2D eigenvalue weighted by molar-refractivity contribution is 0.558. The molecule has 0 nitrogen and oxygen atoms in total. The van der Waals surface area contributed by atoms with Crippen LogP contribution in [0.2, 0.25) is 0 Å². The third-order valence-corrected chi connectivity index (χ3v) is 7.46. The zero-order valence-electron chi connectivity index (χ0n) is 18.3. The van der Waals surface area contributed by atoms with Gasteiger partial charge in [0.1, 0.15) is 0 Å². The summed E-state index contributed by atoms with van der Waals surface area (Å²) < 4.78 is 0. The Morgan fingerprint density at radius 3 is 1.08 bits per heavy atom. The zero-order chi connectivity index (χ0) is 18.6. The van der Waals surface area contributed by atoms with E-state index >= 15 is 0 Å². The van der Waals surface area contributed by atoms with Gasteiger partial charge in [0, 0.05) is 10.5 Å². The first-order valence-corrected chi connectivity index (χ1v) is 12.9. The minimum Gasteiger partial charge on any atom is -0.155 e. The van der Waals surface area contributed by atoms with Crippen LogP contribution < -0.4 is 0 Å². The first-order chi connectivity index (χ1) is 12.3. The van der Waals surface area contributed by atoms with Crippen LogP contribution in [0.3, 0.4) is 0 Å². The smallest absolute Gasteiger partial charge is 0.00472 e. The molecule has 0 N–H and O–H groups in total. The van der Waals surface area contributed by atoms with Crippen LogP contribution in [0.15, 0.2) is 0 Å². The maximum atomic E-state index is 2.40. The van der Waals surface area contributed by atoms with Crippen LogP contribution in [0.5, 0.6) is 0 Å².